The number of aliphatic hydroxyl groups is 1. The molecule has 1 N–H and O–H groups in total. The van der Waals surface area contributed by atoms with Gasteiger partial charge in [-0.1, -0.05) is 0 Å². The molecule has 0 fully saturated rings. The molecule has 0 unspecified atom stereocenters. The number of nitrogens with zero attached hydrogens (tertiary/aromatic N) is 6. The predicted octanol–water partition coefficient (Wildman–Crippen LogP) is 1.06. The molecule has 0 saturated carbocycles. The first-order valence-electron chi connectivity index (χ1n) is 6.89. The van der Waals surface area contributed by atoms with E-state index in [-0.39, 0.29) is 23.1 Å². The summed E-state index contributed by atoms with van der Waals surface area (Å²) in [5.74, 6) is -1.13. The van der Waals surface area contributed by atoms with Gasteiger partial charge in [0, 0.05) is 30.7 Å². The monoisotopic (exact) mass is 342 g/mol. The van der Waals surface area contributed by atoms with Crippen LogP contribution in [-0.2, 0) is 6.67 Å². The van der Waals surface area contributed by atoms with Crippen molar-refractivity contribution in [1.29, 1.82) is 0 Å². The summed E-state index contributed by atoms with van der Waals surface area (Å²) in [5, 5.41) is 21.4. The zero-order valence-electron chi connectivity index (χ0n) is 12.5. The van der Waals surface area contributed by atoms with Gasteiger partial charge in [0.2, 0.25) is 0 Å². The molecule has 0 aromatic carbocycles. The highest BCUT2D eigenvalue weighted by Gasteiger charge is 2.63. The molecule has 1 amide bonds. The first-order chi connectivity index (χ1) is 11.2. The van der Waals surface area contributed by atoms with Crippen molar-refractivity contribution in [2.24, 2.45) is 5.10 Å². The van der Waals surface area contributed by atoms with Gasteiger partial charge in [0.05, 0.1) is 0 Å². The molecular formula is C13H13F3N6O2. The number of halogens is 3. The summed E-state index contributed by atoms with van der Waals surface area (Å²) in [5.41, 5.74) is -3.62. The average molecular weight is 342 g/mol. The third kappa shape index (κ3) is 2.66. The Labute approximate surface area is 133 Å². The summed E-state index contributed by atoms with van der Waals surface area (Å²) in [7, 11) is 0. The molecule has 8 nitrogen and oxygen atoms in total. The Balaban J connectivity index is 1.84. The van der Waals surface area contributed by atoms with Crippen LogP contribution in [-0.4, -0.2) is 53.2 Å². The van der Waals surface area contributed by atoms with Crippen molar-refractivity contribution in [3.8, 4) is 0 Å². The van der Waals surface area contributed by atoms with Crippen molar-refractivity contribution in [3.05, 3.63) is 36.4 Å². The smallest absolute Gasteiger partial charge is 0.362 e. The quantitative estimate of drug-likeness (QED) is 0.903. The lowest BCUT2D eigenvalue weighted by atomic mass is 10.1. The maximum Gasteiger partial charge on any atom is 0.438 e. The highest BCUT2D eigenvalue weighted by atomic mass is 19.4. The number of hydrazone groups is 1. The average Bonchev–Trinajstić information content (AvgIpc) is 3.19. The van der Waals surface area contributed by atoms with Gasteiger partial charge in [0.15, 0.2) is 5.69 Å². The van der Waals surface area contributed by atoms with Crippen LogP contribution in [0.25, 0.3) is 0 Å². The van der Waals surface area contributed by atoms with E-state index in [1.165, 1.54) is 28.6 Å². The maximum absolute atomic E-state index is 13.1. The van der Waals surface area contributed by atoms with Gasteiger partial charge >= 0.3 is 6.18 Å². The Morgan fingerprint density at radius 2 is 2.12 bits per heavy atom. The number of alkyl halides is 3. The number of amides is 1. The van der Waals surface area contributed by atoms with Gasteiger partial charge in [-0.3, -0.25) is 14.2 Å². The van der Waals surface area contributed by atoms with E-state index in [4.69, 9.17) is 0 Å². The van der Waals surface area contributed by atoms with Gasteiger partial charge in [0.1, 0.15) is 6.67 Å². The molecule has 3 heterocycles. The second-order valence-electron chi connectivity index (χ2n) is 5.37. The summed E-state index contributed by atoms with van der Waals surface area (Å²) in [6.07, 6.45) is -1.19. The van der Waals surface area contributed by atoms with Crippen molar-refractivity contribution >= 4 is 11.6 Å². The molecule has 1 aliphatic rings. The molecule has 0 saturated heterocycles. The van der Waals surface area contributed by atoms with E-state index in [2.05, 4.69) is 15.3 Å². The van der Waals surface area contributed by atoms with Crippen molar-refractivity contribution in [1.82, 2.24) is 24.6 Å². The van der Waals surface area contributed by atoms with Crippen LogP contribution in [0.4, 0.5) is 13.2 Å². The van der Waals surface area contributed by atoms with Crippen molar-refractivity contribution < 1.29 is 23.1 Å². The number of carbonyl (C=O) groups excluding carboxylic acids is 1. The summed E-state index contributed by atoms with van der Waals surface area (Å²) in [4.78, 5) is 12.3. The highest BCUT2D eigenvalue weighted by molar-refractivity contribution is 5.96. The molecule has 0 aliphatic carbocycles. The second kappa shape index (κ2) is 5.44. The third-order valence-electron chi connectivity index (χ3n) is 3.48. The van der Waals surface area contributed by atoms with Crippen molar-refractivity contribution in [2.75, 3.05) is 0 Å². The molecule has 1 atom stereocenters. The molecule has 128 valence electrons. The summed E-state index contributed by atoms with van der Waals surface area (Å²) < 4.78 is 42.3. The Hall–Kier alpha value is -2.69. The maximum atomic E-state index is 13.1. The number of carbonyl (C=O) groups is 1. The van der Waals surface area contributed by atoms with Crippen LogP contribution >= 0.6 is 0 Å². The first kappa shape index (κ1) is 16.2. The zero-order valence-corrected chi connectivity index (χ0v) is 12.5. The van der Waals surface area contributed by atoms with E-state index in [0.29, 0.717) is 0 Å². The molecule has 0 radical (unpaired) electrons. The van der Waals surface area contributed by atoms with Crippen LogP contribution in [0, 0.1) is 0 Å². The lowest BCUT2D eigenvalue weighted by Gasteiger charge is -2.32. The Morgan fingerprint density at radius 1 is 1.38 bits per heavy atom. The van der Waals surface area contributed by atoms with E-state index >= 15 is 0 Å². The van der Waals surface area contributed by atoms with Crippen LogP contribution in [0.3, 0.4) is 0 Å². The van der Waals surface area contributed by atoms with E-state index in [9.17, 15) is 23.1 Å². The standard InChI is InChI=1S/C13H13F3N6O2/c1-9-7-12(24,13(14,15)16)22(18-9)11(23)10-3-6-21(19-10)8-20-5-2-4-17-20/h2-6,24H,7-8H2,1H3/t12-/m0/s1. The van der Waals surface area contributed by atoms with Gasteiger partial charge in [-0.25, -0.2) is 0 Å². The minimum absolute atomic E-state index is 0.000788. The van der Waals surface area contributed by atoms with Gasteiger partial charge in [-0.05, 0) is 19.1 Å². The summed E-state index contributed by atoms with van der Waals surface area (Å²) >= 11 is 0. The van der Waals surface area contributed by atoms with Gasteiger partial charge in [-0.15, -0.1) is 0 Å². The SMILES string of the molecule is CC1=NN(C(=O)c2ccn(Cn3cccn3)n2)[C@@](O)(C(F)(F)F)C1. The Bertz CT molecular complexity index is 782. The second-order valence-corrected chi connectivity index (χ2v) is 5.37. The fourth-order valence-electron chi connectivity index (χ4n) is 2.35. The summed E-state index contributed by atoms with van der Waals surface area (Å²) in [6.45, 7) is 1.49. The van der Waals surface area contributed by atoms with Crippen LogP contribution in [0.15, 0.2) is 35.8 Å². The van der Waals surface area contributed by atoms with Gasteiger partial charge in [0.25, 0.3) is 11.6 Å². The molecule has 2 aromatic rings. The van der Waals surface area contributed by atoms with E-state index in [0.717, 1.165) is 0 Å². The normalized spacial score (nSPS) is 21.2. The zero-order chi connectivity index (χ0) is 17.5. The number of rotatable bonds is 3. The first-order valence-corrected chi connectivity index (χ1v) is 6.89. The molecule has 0 bridgehead atoms. The molecule has 1 aliphatic heterocycles. The lowest BCUT2D eigenvalue weighted by molar-refractivity contribution is -0.297. The van der Waals surface area contributed by atoms with Crippen LogP contribution < -0.4 is 0 Å². The topological polar surface area (TPSA) is 88.5 Å². The number of hydrogen-bond donors (Lipinski definition) is 1. The Kier molecular flexibility index (Phi) is 3.67. The van der Waals surface area contributed by atoms with Crippen LogP contribution in [0.2, 0.25) is 0 Å². The van der Waals surface area contributed by atoms with E-state index in [1.807, 2.05) is 0 Å². The van der Waals surface area contributed by atoms with Crippen LogP contribution in [0.5, 0.6) is 0 Å². The molecule has 0 spiro atoms. The minimum Gasteiger partial charge on any atom is -0.362 e. The van der Waals surface area contributed by atoms with Crippen molar-refractivity contribution in [3.63, 3.8) is 0 Å². The Morgan fingerprint density at radius 3 is 2.75 bits per heavy atom. The molecule has 2 aromatic heterocycles. The largest absolute Gasteiger partial charge is 0.438 e. The third-order valence-corrected chi connectivity index (χ3v) is 3.48. The molecular weight excluding hydrogens is 329 g/mol. The molecule has 24 heavy (non-hydrogen) atoms. The number of hydrogen-bond acceptors (Lipinski definition) is 5. The van der Waals surface area contributed by atoms with E-state index < -0.39 is 24.2 Å². The molecule has 11 heteroatoms. The fourth-order valence-corrected chi connectivity index (χ4v) is 2.35. The van der Waals surface area contributed by atoms with Gasteiger partial charge < -0.3 is 5.11 Å². The van der Waals surface area contributed by atoms with Gasteiger partial charge in [-0.2, -0.15) is 33.5 Å². The number of aromatic nitrogens is 4. The highest BCUT2D eigenvalue weighted by Crippen LogP contribution is 2.40. The van der Waals surface area contributed by atoms with Crippen molar-refractivity contribution in [2.45, 2.75) is 31.9 Å². The lowest BCUT2D eigenvalue weighted by Crippen LogP contribution is -2.56. The summed E-state index contributed by atoms with van der Waals surface area (Å²) in [6, 6.07) is 2.95. The minimum atomic E-state index is -5.04. The van der Waals surface area contributed by atoms with Crippen LogP contribution in [0.1, 0.15) is 23.8 Å². The fraction of sp³-hybridized carbons (Fsp3) is 0.385. The van der Waals surface area contributed by atoms with E-state index in [1.54, 1.807) is 18.5 Å². The molecule has 3 rings (SSSR count). The predicted molar refractivity (Wildman–Crippen MR) is 74.8 cm³/mol.